The summed E-state index contributed by atoms with van der Waals surface area (Å²) >= 11 is 0. The second kappa shape index (κ2) is 6.97. The van der Waals surface area contributed by atoms with Crippen molar-refractivity contribution in [1.29, 1.82) is 0 Å². The van der Waals surface area contributed by atoms with Gasteiger partial charge in [0.2, 0.25) is 0 Å². The van der Waals surface area contributed by atoms with Gasteiger partial charge >= 0.3 is 17.1 Å². The normalized spacial score (nSPS) is 8.30. The van der Waals surface area contributed by atoms with Crippen LogP contribution in [0.1, 0.15) is 6.92 Å². The van der Waals surface area contributed by atoms with E-state index in [-0.39, 0.29) is 17.1 Å². The van der Waals surface area contributed by atoms with Gasteiger partial charge in [-0.2, -0.15) is 0 Å². The van der Waals surface area contributed by atoms with Gasteiger partial charge < -0.3 is 14.2 Å². The first-order valence-corrected chi connectivity index (χ1v) is 2.93. The monoisotopic (exact) mass is 211 g/mol. The Morgan fingerprint density at radius 1 is 1.40 bits per heavy atom. The van der Waals surface area contributed by atoms with Crippen molar-refractivity contribution in [3.05, 3.63) is 0 Å². The molecule has 0 aliphatic heterocycles. The molecule has 0 aromatic carbocycles. The van der Waals surface area contributed by atoms with Crippen molar-refractivity contribution in [2.24, 2.45) is 0 Å². The molecule has 0 saturated carbocycles. The second-order valence-corrected chi connectivity index (χ2v) is 1.74. The summed E-state index contributed by atoms with van der Waals surface area (Å²) in [5, 5.41) is 7.42. The summed E-state index contributed by atoms with van der Waals surface area (Å²) in [7, 11) is -5.17. The first-order valence-electron chi connectivity index (χ1n) is 1.59. The van der Waals surface area contributed by atoms with Crippen molar-refractivity contribution in [1.82, 2.24) is 0 Å². The molecule has 0 bridgehead atoms. The fourth-order valence-corrected chi connectivity index (χ4v) is 0. The van der Waals surface area contributed by atoms with E-state index in [4.69, 9.17) is 27.4 Å². The number of carbonyl (C=O) groups is 1. The average Bonchev–Trinajstić information content (AvgIpc) is 1.19. The number of carboxylic acid groups (broad SMARTS) is 1. The third kappa shape index (κ3) is 18700. The van der Waals surface area contributed by atoms with Gasteiger partial charge in [0, 0.05) is 17.3 Å². The molecule has 0 unspecified atom stereocenters. The predicted molar refractivity (Wildman–Crippen MR) is 23.8 cm³/mol. The molecule has 0 saturated heterocycles. The molecule has 0 heterocycles. The molecule has 10 heavy (non-hydrogen) atoms. The number of aliphatic carboxylic acids is 1. The van der Waals surface area contributed by atoms with Crippen molar-refractivity contribution in [2.45, 2.75) is 6.92 Å². The summed E-state index contributed by atoms with van der Waals surface area (Å²) in [5.74, 6) is -0.833. The van der Waals surface area contributed by atoms with Gasteiger partial charge in [-0.3, -0.25) is 13.2 Å². The Hall–Kier alpha value is -0.141. The number of carboxylic acids is 1. The molecule has 0 aliphatic carbocycles. The van der Waals surface area contributed by atoms with E-state index < -0.39 is 16.4 Å². The standard InChI is InChI=1S/C2H4O2.Mn.H2O4S/c1-2(3)4;;1-5(2,3)4/h1H3,(H,3,4);;(H2,1,2,3,4)/q;+2;/p-2. The van der Waals surface area contributed by atoms with Gasteiger partial charge in [0.25, 0.3) is 5.97 Å². The van der Waals surface area contributed by atoms with E-state index in [2.05, 4.69) is 0 Å². The van der Waals surface area contributed by atoms with E-state index in [1.165, 1.54) is 0 Å². The Labute approximate surface area is 68.3 Å². The average molecular weight is 211 g/mol. The first kappa shape index (κ1) is 16.4. The fourth-order valence-electron chi connectivity index (χ4n) is 0. The molecule has 0 aromatic rings. The maximum atomic E-state index is 9.00. The molecular formula is C2H4MnO6S. The van der Waals surface area contributed by atoms with Crippen LogP contribution in [0.4, 0.5) is 0 Å². The van der Waals surface area contributed by atoms with Crippen LogP contribution < -0.4 is 0 Å². The fraction of sp³-hybridized carbons (Fsp3) is 0.500. The molecule has 1 N–H and O–H groups in total. The van der Waals surface area contributed by atoms with Crippen LogP contribution in [0.3, 0.4) is 0 Å². The van der Waals surface area contributed by atoms with E-state index in [1.807, 2.05) is 0 Å². The van der Waals surface area contributed by atoms with Gasteiger partial charge in [0.15, 0.2) is 0 Å². The van der Waals surface area contributed by atoms with Gasteiger partial charge in [-0.05, 0) is 0 Å². The maximum Gasteiger partial charge on any atom is 2.00 e. The summed E-state index contributed by atoms with van der Waals surface area (Å²) < 4.78 is 34.1. The van der Waals surface area contributed by atoms with Crippen molar-refractivity contribution in [3.8, 4) is 0 Å². The van der Waals surface area contributed by atoms with Crippen LogP contribution in [-0.4, -0.2) is 28.6 Å². The molecular weight excluding hydrogens is 207 g/mol. The van der Waals surface area contributed by atoms with E-state index in [1.54, 1.807) is 0 Å². The van der Waals surface area contributed by atoms with Crippen LogP contribution in [0.2, 0.25) is 0 Å². The summed E-state index contributed by atoms with van der Waals surface area (Å²) in [4.78, 5) is 9.00. The summed E-state index contributed by atoms with van der Waals surface area (Å²) in [6.07, 6.45) is 0. The molecule has 0 spiro atoms. The number of hydrogen-bond donors (Lipinski definition) is 1. The van der Waals surface area contributed by atoms with Crippen LogP contribution in [-0.2, 0) is 32.3 Å². The zero-order valence-corrected chi connectivity index (χ0v) is 6.77. The third-order valence-electron chi connectivity index (χ3n) is 0. The Balaban J connectivity index is -0.0000000910. The summed E-state index contributed by atoms with van der Waals surface area (Å²) in [6, 6.07) is 0. The molecule has 61 valence electrons. The molecule has 1 radical (unpaired) electrons. The zero-order chi connectivity index (χ0) is 8.08. The largest absolute Gasteiger partial charge is 2.00 e. The first-order chi connectivity index (χ1) is 3.73. The quantitative estimate of drug-likeness (QED) is 0.304. The smallest absolute Gasteiger partial charge is 0.759 e. The molecule has 6 nitrogen and oxygen atoms in total. The topological polar surface area (TPSA) is 118 Å². The van der Waals surface area contributed by atoms with Crippen LogP contribution >= 0.6 is 0 Å². The minimum atomic E-state index is -5.17. The van der Waals surface area contributed by atoms with E-state index in [0.29, 0.717) is 0 Å². The number of rotatable bonds is 0. The molecule has 0 amide bonds. The molecule has 0 aliphatic rings. The van der Waals surface area contributed by atoms with Crippen molar-refractivity contribution >= 4 is 16.4 Å². The Morgan fingerprint density at radius 3 is 1.40 bits per heavy atom. The Kier molecular flexibility index (Phi) is 11.5. The predicted octanol–water partition coefficient (Wildman–Crippen LogP) is -1.25. The molecule has 0 aromatic heterocycles. The van der Waals surface area contributed by atoms with E-state index in [9.17, 15) is 0 Å². The van der Waals surface area contributed by atoms with Crippen LogP contribution in [0, 0.1) is 0 Å². The molecule has 8 heteroatoms. The van der Waals surface area contributed by atoms with Gasteiger partial charge in [0.05, 0.1) is 0 Å². The SMILES string of the molecule is CC(=O)O.O=S(=O)([O-])[O-].[Mn+2]. The zero-order valence-electron chi connectivity index (χ0n) is 4.77. The van der Waals surface area contributed by atoms with Crippen LogP contribution in [0.5, 0.6) is 0 Å². The van der Waals surface area contributed by atoms with Crippen molar-refractivity contribution < 1.29 is 44.5 Å². The van der Waals surface area contributed by atoms with Crippen LogP contribution in [0.15, 0.2) is 0 Å². The van der Waals surface area contributed by atoms with Crippen molar-refractivity contribution in [2.75, 3.05) is 0 Å². The maximum absolute atomic E-state index is 9.00. The van der Waals surface area contributed by atoms with Gasteiger partial charge in [0.1, 0.15) is 0 Å². The summed E-state index contributed by atoms with van der Waals surface area (Å²) in [6.45, 7) is 1.08. The molecule has 0 atom stereocenters. The van der Waals surface area contributed by atoms with Crippen LogP contribution in [0.25, 0.3) is 0 Å². The van der Waals surface area contributed by atoms with Gasteiger partial charge in [-0.15, -0.1) is 0 Å². The Morgan fingerprint density at radius 2 is 1.40 bits per heavy atom. The van der Waals surface area contributed by atoms with E-state index >= 15 is 0 Å². The van der Waals surface area contributed by atoms with E-state index in [0.717, 1.165) is 6.92 Å². The minimum absolute atomic E-state index is 0. The van der Waals surface area contributed by atoms with Gasteiger partial charge in [-0.25, -0.2) is 0 Å². The van der Waals surface area contributed by atoms with Gasteiger partial charge in [-0.1, -0.05) is 0 Å². The third-order valence-corrected chi connectivity index (χ3v) is 0. The Bertz CT molecular complexity index is 158. The minimum Gasteiger partial charge on any atom is -0.759 e. The summed E-state index contributed by atoms with van der Waals surface area (Å²) in [5.41, 5.74) is 0. The van der Waals surface area contributed by atoms with Crippen molar-refractivity contribution in [3.63, 3.8) is 0 Å². The number of hydrogen-bond acceptors (Lipinski definition) is 5. The molecule has 0 rings (SSSR count). The molecule has 0 fully saturated rings. The second-order valence-electron chi connectivity index (χ2n) is 0.927.